The van der Waals surface area contributed by atoms with Crippen molar-refractivity contribution in [1.82, 2.24) is 10.6 Å². The smallest absolute Gasteiger partial charge is 0.191 e. The number of hydrogen-bond acceptors (Lipinski definition) is 3. The lowest BCUT2D eigenvalue weighted by Crippen LogP contribution is -2.39. The molecule has 0 aliphatic carbocycles. The number of nitrogens with zero attached hydrogens (tertiary/aromatic N) is 1. The fourth-order valence-electron chi connectivity index (χ4n) is 2.45. The second-order valence-electron chi connectivity index (χ2n) is 5.84. The lowest BCUT2D eigenvalue weighted by atomic mass is 10.1. The van der Waals surface area contributed by atoms with Crippen LogP contribution >= 0.6 is 0 Å². The van der Waals surface area contributed by atoms with E-state index in [1.807, 2.05) is 25.1 Å². The molecule has 0 saturated carbocycles. The average Bonchev–Trinajstić information content (AvgIpc) is 3.14. The van der Waals surface area contributed by atoms with Gasteiger partial charge in [0.05, 0.1) is 6.26 Å². The van der Waals surface area contributed by atoms with Gasteiger partial charge in [-0.2, -0.15) is 0 Å². The van der Waals surface area contributed by atoms with Crippen molar-refractivity contribution in [1.29, 1.82) is 0 Å². The summed E-state index contributed by atoms with van der Waals surface area (Å²) in [5.41, 5.74) is 0.962. The van der Waals surface area contributed by atoms with Crippen LogP contribution in [0.3, 0.4) is 0 Å². The Labute approximate surface area is 154 Å². The van der Waals surface area contributed by atoms with E-state index in [0.29, 0.717) is 19.7 Å². The topological polar surface area (TPSA) is 58.8 Å². The molecule has 0 amide bonds. The fraction of sp³-hybridized carbons (Fsp3) is 0.450. The van der Waals surface area contributed by atoms with Crippen molar-refractivity contribution in [2.75, 3.05) is 32.8 Å². The molecule has 1 aromatic carbocycles. The average molecular weight is 361 g/mol. The zero-order valence-corrected chi connectivity index (χ0v) is 15.3. The molecule has 0 aliphatic rings. The number of ether oxygens (including phenoxy) is 1. The van der Waals surface area contributed by atoms with E-state index >= 15 is 0 Å². The lowest BCUT2D eigenvalue weighted by molar-refractivity contribution is 0.146. The van der Waals surface area contributed by atoms with Crippen LogP contribution in [0.2, 0.25) is 0 Å². The summed E-state index contributed by atoms with van der Waals surface area (Å²) < 4.78 is 23.9. The minimum Gasteiger partial charge on any atom is -0.469 e. The summed E-state index contributed by atoms with van der Waals surface area (Å²) in [5.74, 6) is 1.49. The molecule has 0 unspecified atom stereocenters. The molecular formula is C20H28FN3O2. The summed E-state index contributed by atoms with van der Waals surface area (Å²) >= 11 is 0. The van der Waals surface area contributed by atoms with Crippen LogP contribution in [0, 0.1) is 5.82 Å². The molecule has 0 radical (unpaired) electrons. The number of aliphatic imine (C=N–C) groups is 1. The Morgan fingerprint density at radius 1 is 1.15 bits per heavy atom. The Bertz CT molecular complexity index is 644. The predicted octanol–water partition coefficient (Wildman–Crippen LogP) is 3.17. The van der Waals surface area contributed by atoms with E-state index in [1.165, 1.54) is 6.07 Å². The van der Waals surface area contributed by atoms with Crippen LogP contribution in [0.5, 0.6) is 0 Å². The third-order valence-electron chi connectivity index (χ3n) is 3.76. The summed E-state index contributed by atoms with van der Waals surface area (Å²) in [6.07, 6.45) is 4.07. The number of furan rings is 1. The van der Waals surface area contributed by atoms with Crippen molar-refractivity contribution < 1.29 is 13.5 Å². The molecule has 0 spiro atoms. The summed E-state index contributed by atoms with van der Waals surface area (Å²) in [6, 6.07) is 10.5. The standard InChI is InChI=1S/C20H28FN3O2/c1-2-25-14-5-11-22-20(24-13-10-19-8-4-15-26-19)23-12-9-17-6-3-7-18(21)16-17/h3-4,6-8,15-16H,2,5,9-14H2,1H3,(H2,22,23,24). The second kappa shape index (κ2) is 12.1. The van der Waals surface area contributed by atoms with Crippen LogP contribution in [0.15, 0.2) is 52.1 Å². The van der Waals surface area contributed by atoms with Gasteiger partial charge in [-0.1, -0.05) is 12.1 Å². The van der Waals surface area contributed by atoms with Gasteiger partial charge in [0, 0.05) is 39.3 Å². The van der Waals surface area contributed by atoms with Crippen molar-refractivity contribution in [2.24, 2.45) is 4.99 Å². The van der Waals surface area contributed by atoms with E-state index in [1.54, 1.807) is 18.4 Å². The monoisotopic (exact) mass is 361 g/mol. The highest BCUT2D eigenvalue weighted by molar-refractivity contribution is 5.79. The van der Waals surface area contributed by atoms with Crippen LogP contribution < -0.4 is 10.6 Å². The Morgan fingerprint density at radius 3 is 2.73 bits per heavy atom. The van der Waals surface area contributed by atoms with Gasteiger partial charge in [0.2, 0.25) is 0 Å². The van der Waals surface area contributed by atoms with Gasteiger partial charge in [0.15, 0.2) is 5.96 Å². The van der Waals surface area contributed by atoms with Crippen LogP contribution in [-0.2, 0) is 17.6 Å². The molecular weight excluding hydrogens is 333 g/mol. The highest BCUT2D eigenvalue weighted by Gasteiger charge is 2.01. The zero-order valence-electron chi connectivity index (χ0n) is 15.3. The summed E-state index contributed by atoms with van der Waals surface area (Å²) in [7, 11) is 0. The fourth-order valence-corrected chi connectivity index (χ4v) is 2.45. The molecule has 0 fully saturated rings. The largest absolute Gasteiger partial charge is 0.469 e. The molecule has 0 saturated heterocycles. The first-order valence-corrected chi connectivity index (χ1v) is 9.14. The van der Waals surface area contributed by atoms with Crippen LogP contribution in [-0.4, -0.2) is 38.8 Å². The quantitative estimate of drug-likeness (QED) is 0.367. The molecule has 142 valence electrons. The molecule has 6 heteroatoms. The Kier molecular flexibility index (Phi) is 9.29. The highest BCUT2D eigenvalue weighted by atomic mass is 19.1. The number of hydrogen-bond donors (Lipinski definition) is 2. The first-order valence-electron chi connectivity index (χ1n) is 9.14. The molecule has 1 aromatic heterocycles. The number of nitrogens with one attached hydrogen (secondary N) is 2. The molecule has 5 nitrogen and oxygen atoms in total. The van der Waals surface area contributed by atoms with E-state index in [4.69, 9.17) is 9.15 Å². The van der Waals surface area contributed by atoms with Gasteiger partial charge in [-0.3, -0.25) is 4.99 Å². The summed E-state index contributed by atoms with van der Waals surface area (Å²) in [6.45, 7) is 5.52. The molecule has 2 N–H and O–H groups in total. The van der Waals surface area contributed by atoms with Crippen molar-refractivity contribution >= 4 is 5.96 Å². The maximum absolute atomic E-state index is 13.2. The van der Waals surface area contributed by atoms with Crippen LogP contribution in [0.1, 0.15) is 24.7 Å². The molecule has 0 bridgehead atoms. The third kappa shape index (κ3) is 8.16. The number of guanidine groups is 1. The van der Waals surface area contributed by atoms with Gasteiger partial charge >= 0.3 is 0 Å². The van der Waals surface area contributed by atoms with Crippen LogP contribution in [0.4, 0.5) is 4.39 Å². The molecule has 1 heterocycles. The second-order valence-corrected chi connectivity index (χ2v) is 5.84. The number of halogens is 1. The summed E-state index contributed by atoms with van der Waals surface area (Å²) in [5, 5.41) is 6.61. The Balaban J connectivity index is 1.77. The summed E-state index contributed by atoms with van der Waals surface area (Å²) in [4.78, 5) is 4.57. The van der Waals surface area contributed by atoms with Crippen molar-refractivity contribution in [2.45, 2.75) is 26.2 Å². The first-order chi connectivity index (χ1) is 12.8. The number of benzene rings is 1. The van der Waals surface area contributed by atoms with Gasteiger partial charge in [-0.15, -0.1) is 0 Å². The molecule has 2 aromatic rings. The Hall–Kier alpha value is -2.34. The SMILES string of the molecule is CCOCCCN=C(NCCc1cccc(F)c1)NCCc1ccco1. The minimum atomic E-state index is -0.205. The molecule has 0 atom stereocenters. The van der Waals surface area contributed by atoms with Crippen molar-refractivity contribution in [3.63, 3.8) is 0 Å². The third-order valence-corrected chi connectivity index (χ3v) is 3.76. The number of rotatable bonds is 11. The molecule has 2 rings (SSSR count). The van der Waals surface area contributed by atoms with E-state index in [-0.39, 0.29) is 5.82 Å². The van der Waals surface area contributed by atoms with Crippen molar-refractivity contribution in [3.8, 4) is 0 Å². The predicted molar refractivity (Wildman–Crippen MR) is 102 cm³/mol. The van der Waals surface area contributed by atoms with Crippen molar-refractivity contribution in [3.05, 3.63) is 59.8 Å². The van der Waals surface area contributed by atoms with E-state index in [0.717, 1.165) is 49.7 Å². The van der Waals surface area contributed by atoms with E-state index in [9.17, 15) is 4.39 Å². The van der Waals surface area contributed by atoms with Gasteiger partial charge in [-0.05, 0) is 49.6 Å². The highest BCUT2D eigenvalue weighted by Crippen LogP contribution is 2.03. The van der Waals surface area contributed by atoms with E-state index < -0.39 is 0 Å². The maximum Gasteiger partial charge on any atom is 0.191 e. The minimum absolute atomic E-state index is 0.205. The first kappa shape index (κ1) is 20.0. The Morgan fingerprint density at radius 2 is 2.00 bits per heavy atom. The molecule has 26 heavy (non-hydrogen) atoms. The van der Waals surface area contributed by atoms with Gasteiger partial charge in [-0.25, -0.2) is 4.39 Å². The van der Waals surface area contributed by atoms with E-state index in [2.05, 4.69) is 15.6 Å². The van der Waals surface area contributed by atoms with Gasteiger partial charge in [0.25, 0.3) is 0 Å². The lowest BCUT2D eigenvalue weighted by Gasteiger charge is -2.12. The zero-order chi connectivity index (χ0) is 18.5. The van der Waals surface area contributed by atoms with Gasteiger partial charge < -0.3 is 19.8 Å². The van der Waals surface area contributed by atoms with Gasteiger partial charge in [0.1, 0.15) is 11.6 Å². The normalized spacial score (nSPS) is 11.5. The molecule has 0 aliphatic heterocycles. The van der Waals surface area contributed by atoms with Crippen LogP contribution in [0.25, 0.3) is 0 Å². The maximum atomic E-state index is 13.2.